The van der Waals surface area contributed by atoms with Gasteiger partial charge in [0.25, 0.3) is 0 Å². The van der Waals surface area contributed by atoms with Gasteiger partial charge in [-0.2, -0.15) is 4.98 Å². The number of hydrogen-bond donors (Lipinski definition) is 2. The maximum absolute atomic E-state index is 5.43. The number of ether oxygens (including phenoxy) is 1. The van der Waals surface area contributed by atoms with E-state index in [4.69, 9.17) is 21.5 Å². The molecule has 2 aromatic carbocycles. The molecule has 0 fully saturated rings. The van der Waals surface area contributed by atoms with Crippen molar-refractivity contribution in [2.75, 3.05) is 11.9 Å². The van der Waals surface area contributed by atoms with E-state index in [0.29, 0.717) is 30.0 Å². The molecule has 3 rings (SSSR count). The molecule has 0 spiro atoms. The quantitative estimate of drug-likeness (QED) is 0.639. The van der Waals surface area contributed by atoms with Crippen LogP contribution in [0.1, 0.15) is 18.4 Å². The number of hydrogen-bond acceptors (Lipinski definition) is 5. The topological polar surface area (TPSA) is 72.2 Å². The second kappa shape index (κ2) is 8.44. The Morgan fingerprint density at radius 2 is 2.00 bits per heavy atom. The molecule has 26 heavy (non-hydrogen) atoms. The van der Waals surface area contributed by atoms with Gasteiger partial charge in [-0.25, -0.2) is 0 Å². The predicted molar refractivity (Wildman–Crippen MR) is 105 cm³/mol. The van der Waals surface area contributed by atoms with Crippen molar-refractivity contribution in [1.29, 1.82) is 0 Å². The molecule has 3 aromatic rings. The second-order valence-corrected chi connectivity index (χ2v) is 6.05. The van der Waals surface area contributed by atoms with Crippen LogP contribution in [-0.4, -0.2) is 21.9 Å². The van der Waals surface area contributed by atoms with Crippen LogP contribution < -0.4 is 15.4 Å². The number of anilines is 1. The van der Waals surface area contributed by atoms with E-state index < -0.39 is 0 Å². The molecule has 7 heteroatoms. The number of aryl methyl sites for hydroxylation is 1. The van der Waals surface area contributed by atoms with E-state index in [1.54, 1.807) is 0 Å². The number of thiocarbonyl (C=S) groups is 1. The average molecular weight is 368 g/mol. The van der Waals surface area contributed by atoms with E-state index >= 15 is 0 Å². The zero-order valence-electron chi connectivity index (χ0n) is 14.7. The zero-order valence-corrected chi connectivity index (χ0v) is 15.5. The number of aromatic nitrogens is 2. The molecular formula is C19H20N4O2S. The van der Waals surface area contributed by atoms with Crippen LogP contribution in [0.15, 0.2) is 53.1 Å². The van der Waals surface area contributed by atoms with Crippen molar-refractivity contribution in [2.45, 2.75) is 20.4 Å². The first-order valence-corrected chi connectivity index (χ1v) is 8.72. The summed E-state index contributed by atoms with van der Waals surface area (Å²) in [7, 11) is 0. The number of nitrogens with zero attached hydrogens (tertiary/aromatic N) is 2. The van der Waals surface area contributed by atoms with Crippen LogP contribution in [0.2, 0.25) is 0 Å². The SMILES string of the molecule is CCOc1ccc(-c2noc(CNC(=S)Nc3cccc(C)c3)n2)cc1. The molecule has 0 aliphatic carbocycles. The molecule has 0 aliphatic heterocycles. The summed E-state index contributed by atoms with van der Waals surface area (Å²) in [5.74, 6) is 1.80. The van der Waals surface area contributed by atoms with Crippen LogP contribution in [0, 0.1) is 6.92 Å². The molecule has 0 saturated heterocycles. The van der Waals surface area contributed by atoms with Gasteiger partial charge >= 0.3 is 0 Å². The molecule has 2 N–H and O–H groups in total. The lowest BCUT2D eigenvalue weighted by Crippen LogP contribution is -2.28. The van der Waals surface area contributed by atoms with E-state index in [1.807, 2.05) is 62.4 Å². The first kappa shape index (κ1) is 17.9. The lowest BCUT2D eigenvalue weighted by atomic mass is 10.2. The van der Waals surface area contributed by atoms with E-state index in [9.17, 15) is 0 Å². The highest BCUT2D eigenvalue weighted by Crippen LogP contribution is 2.20. The Hall–Kier alpha value is -2.93. The second-order valence-electron chi connectivity index (χ2n) is 5.65. The highest BCUT2D eigenvalue weighted by molar-refractivity contribution is 7.80. The third-order valence-corrected chi connectivity index (χ3v) is 3.81. The Bertz CT molecular complexity index is 877. The summed E-state index contributed by atoms with van der Waals surface area (Å²) in [4.78, 5) is 4.38. The van der Waals surface area contributed by atoms with Gasteiger partial charge in [0.05, 0.1) is 13.2 Å². The first-order valence-electron chi connectivity index (χ1n) is 8.31. The van der Waals surface area contributed by atoms with Crippen LogP contribution in [0.25, 0.3) is 11.4 Å². The molecule has 1 heterocycles. The van der Waals surface area contributed by atoms with Gasteiger partial charge in [-0.1, -0.05) is 17.3 Å². The third kappa shape index (κ3) is 4.80. The minimum atomic E-state index is 0.349. The predicted octanol–water partition coefficient (Wildman–Crippen LogP) is 3.93. The standard InChI is InChI=1S/C19H20N4O2S/c1-3-24-16-9-7-14(8-10-16)18-22-17(25-23-18)12-20-19(26)21-15-6-4-5-13(2)11-15/h4-11H,3,12H2,1-2H3,(H2,20,21,26). The smallest absolute Gasteiger partial charge is 0.246 e. The Morgan fingerprint density at radius 1 is 1.19 bits per heavy atom. The molecule has 0 amide bonds. The molecule has 0 unspecified atom stereocenters. The summed E-state index contributed by atoms with van der Waals surface area (Å²) in [6.07, 6.45) is 0. The number of benzene rings is 2. The van der Waals surface area contributed by atoms with Gasteiger partial charge in [0.15, 0.2) is 5.11 Å². The van der Waals surface area contributed by atoms with Gasteiger partial charge in [-0.3, -0.25) is 0 Å². The van der Waals surface area contributed by atoms with Crippen LogP contribution in [0.4, 0.5) is 5.69 Å². The summed E-state index contributed by atoms with van der Waals surface area (Å²) in [6, 6.07) is 15.5. The lowest BCUT2D eigenvalue weighted by Gasteiger charge is -2.09. The monoisotopic (exact) mass is 368 g/mol. The maximum atomic E-state index is 5.43. The van der Waals surface area contributed by atoms with Gasteiger partial charge in [-0.15, -0.1) is 0 Å². The maximum Gasteiger partial charge on any atom is 0.246 e. The van der Waals surface area contributed by atoms with Crippen LogP contribution in [0.5, 0.6) is 5.75 Å². The molecule has 0 saturated carbocycles. The summed E-state index contributed by atoms with van der Waals surface area (Å²) in [5, 5.41) is 10.7. The highest BCUT2D eigenvalue weighted by Gasteiger charge is 2.09. The van der Waals surface area contributed by atoms with Crippen molar-refractivity contribution in [3.05, 3.63) is 60.0 Å². The van der Waals surface area contributed by atoms with Crippen LogP contribution in [0.3, 0.4) is 0 Å². The summed E-state index contributed by atoms with van der Waals surface area (Å²) >= 11 is 5.29. The van der Waals surface area contributed by atoms with Gasteiger partial charge in [0.1, 0.15) is 5.75 Å². The van der Waals surface area contributed by atoms with Crippen molar-refractivity contribution in [1.82, 2.24) is 15.5 Å². The van der Waals surface area contributed by atoms with Gasteiger partial charge in [0, 0.05) is 11.3 Å². The number of rotatable bonds is 6. The minimum absolute atomic E-state index is 0.349. The summed E-state index contributed by atoms with van der Waals surface area (Å²) in [5.41, 5.74) is 2.96. The normalized spacial score (nSPS) is 10.4. The molecule has 0 atom stereocenters. The van der Waals surface area contributed by atoms with Crippen LogP contribution >= 0.6 is 12.2 Å². The van der Waals surface area contributed by atoms with E-state index in [-0.39, 0.29) is 0 Å². The molecule has 6 nitrogen and oxygen atoms in total. The molecule has 1 aromatic heterocycles. The van der Waals surface area contributed by atoms with E-state index in [2.05, 4.69) is 20.8 Å². The fraction of sp³-hybridized carbons (Fsp3) is 0.211. The summed E-state index contributed by atoms with van der Waals surface area (Å²) in [6.45, 7) is 4.96. The Labute approximate surface area is 157 Å². The molecule has 0 bridgehead atoms. The fourth-order valence-corrected chi connectivity index (χ4v) is 2.55. The van der Waals surface area contributed by atoms with Crippen molar-refractivity contribution < 1.29 is 9.26 Å². The summed E-state index contributed by atoms with van der Waals surface area (Å²) < 4.78 is 10.7. The van der Waals surface area contributed by atoms with Gasteiger partial charge in [0.2, 0.25) is 11.7 Å². The van der Waals surface area contributed by atoms with Crippen molar-refractivity contribution in [2.24, 2.45) is 0 Å². The largest absolute Gasteiger partial charge is 0.494 e. The third-order valence-electron chi connectivity index (χ3n) is 3.57. The first-order chi connectivity index (χ1) is 12.6. The van der Waals surface area contributed by atoms with Gasteiger partial charge in [-0.05, 0) is 68.0 Å². The Balaban J connectivity index is 1.55. The lowest BCUT2D eigenvalue weighted by molar-refractivity contribution is 0.340. The van der Waals surface area contributed by atoms with E-state index in [1.165, 1.54) is 0 Å². The van der Waals surface area contributed by atoms with Crippen LogP contribution in [-0.2, 0) is 6.54 Å². The molecule has 0 aliphatic rings. The fourth-order valence-electron chi connectivity index (χ4n) is 2.36. The van der Waals surface area contributed by atoms with Crippen molar-refractivity contribution >= 4 is 23.0 Å². The molecule has 134 valence electrons. The highest BCUT2D eigenvalue weighted by atomic mass is 32.1. The van der Waals surface area contributed by atoms with E-state index in [0.717, 1.165) is 22.6 Å². The van der Waals surface area contributed by atoms with Crippen molar-refractivity contribution in [3.8, 4) is 17.1 Å². The number of nitrogens with one attached hydrogen (secondary N) is 2. The Kier molecular flexibility index (Phi) is 5.80. The Morgan fingerprint density at radius 3 is 2.73 bits per heavy atom. The van der Waals surface area contributed by atoms with Gasteiger partial charge < -0.3 is 19.9 Å². The zero-order chi connectivity index (χ0) is 18.4. The van der Waals surface area contributed by atoms with Crippen molar-refractivity contribution in [3.63, 3.8) is 0 Å². The molecular weight excluding hydrogens is 348 g/mol. The average Bonchev–Trinajstić information content (AvgIpc) is 3.10. The minimum Gasteiger partial charge on any atom is -0.494 e. The molecule has 0 radical (unpaired) electrons.